The first-order valence-electron chi connectivity index (χ1n) is 6.60. The summed E-state index contributed by atoms with van der Waals surface area (Å²) in [6.45, 7) is 4.40. The number of rotatable bonds is 4. The van der Waals surface area contributed by atoms with Crippen molar-refractivity contribution in [3.05, 3.63) is 23.8 Å². The van der Waals surface area contributed by atoms with Crippen LogP contribution in [0.15, 0.2) is 18.2 Å². The number of ether oxygens (including phenoxy) is 2. The first kappa shape index (κ1) is 15.6. The topological polar surface area (TPSA) is 35.5 Å². The summed E-state index contributed by atoms with van der Waals surface area (Å²) < 4.78 is 10.5. The lowest BCUT2D eigenvalue weighted by molar-refractivity contribution is 0.0991. The number of benzene rings is 1. The van der Waals surface area contributed by atoms with Crippen molar-refractivity contribution < 1.29 is 14.3 Å². The van der Waals surface area contributed by atoms with Crippen LogP contribution in [0.4, 0.5) is 0 Å². The molecule has 3 unspecified atom stereocenters. The molecule has 110 valence electrons. The molecule has 5 heteroatoms. The van der Waals surface area contributed by atoms with E-state index in [2.05, 4.69) is 13.8 Å². The van der Waals surface area contributed by atoms with Crippen LogP contribution < -0.4 is 9.47 Å². The highest BCUT2D eigenvalue weighted by molar-refractivity contribution is 8.08. The molecule has 3 nitrogen and oxygen atoms in total. The summed E-state index contributed by atoms with van der Waals surface area (Å²) in [5, 5.41) is 1.07. The van der Waals surface area contributed by atoms with Crippen molar-refractivity contribution in [2.24, 2.45) is 0 Å². The summed E-state index contributed by atoms with van der Waals surface area (Å²) in [7, 11) is 3.19. The number of Topliss-reactive ketones (excluding diaryl/α,β-unsaturated/α-hetero) is 1. The van der Waals surface area contributed by atoms with Crippen molar-refractivity contribution in [1.82, 2.24) is 0 Å². The van der Waals surface area contributed by atoms with Crippen molar-refractivity contribution in [3.63, 3.8) is 0 Å². The van der Waals surface area contributed by atoms with Crippen LogP contribution in [-0.4, -0.2) is 41.5 Å². The number of methoxy groups -OCH3 is 2. The fraction of sp³-hybridized carbons (Fsp3) is 0.533. The summed E-state index contributed by atoms with van der Waals surface area (Å²) in [5.41, 5.74) is 0.617. The molecule has 1 aliphatic heterocycles. The highest BCUT2D eigenvalue weighted by Crippen LogP contribution is 2.38. The third kappa shape index (κ3) is 3.26. The van der Waals surface area contributed by atoms with Crippen LogP contribution in [-0.2, 0) is 0 Å². The van der Waals surface area contributed by atoms with E-state index in [1.165, 1.54) is 0 Å². The summed E-state index contributed by atoms with van der Waals surface area (Å²) in [6, 6.07) is 5.37. The highest BCUT2D eigenvalue weighted by Gasteiger charge is 2.32. The first-order valence-corrected chi connectivity index (χ1v) is 8.59. The molecule has 0 aromatic heterocycles. The van der Waals surface area contributed by atoms with Crippen molar-refractivity contribution in [2.75, 3.05) is 20.0 Å². The molecule has 1 aromatic carbocycles. The Hall–Kier alpha value is -0.810. The second-order valence-corrected chi connectivity index (χ2v) is 7.79. The fourth-order valence-electron chi connectivity index (χ4n) is 2.10. The number of carbonyl (C=O) groups excluding carboxylic acids is 1. The van der Waals surface area contributed by atoms with Crippen molar-refractivity contribution in [3.8, 4) is 11.5 Å². The van der Waals surface area contributed by atoms with E-state index in [0.717, 1.165) is 5.75 Å². The average molecular weight is 312 g/mol. The van der Waals surface area contributed by atoms with Crippen molar-refractivity contribution in [2.45, 2.75) is 29.6 Å². The predicted octanol–water partition coefficient (Wildman–Crippen LogP) is 3.51. The van der Waals surface area contributed by atoms with Gasteiger partial charge in [0.05, 0.1) is 25.0 Å². The van der Waals surface area contributed by atoms with Gasteiger partial charge in [0.2, 0.25) is 0 Å². The third-order valence-corrected chi connectivity index (χ3v) is 6.90. The first-order chi connectivity index (χ1) is 9.56. The van der Waals surface area contributed by atoms with Crippen LogP contribution in [0.5, 0.6) is 11.5 Å². The van der Waals surface area contributed by atoms with Gasteiger partial charge in [-0.1, -0.05) is 13.8 Å². The standard InChI is InChI=1S/C15H20O3S2/c1-9-10(2)20-14(8-19-9)15(16)12-7-11(17-3)5-6-13(12)18-4/h5-7,9-10,14H,8H2,1-4H3. The Morgan fingerprint density at radius 2 is 1.95 bits per heavy atom. The van der Waals surface area contributed by atoms with Crippen LogP contribution in [0.3, 0.4) is 0 Å². The minimum atomic E-state index is -0.00722. The second kappa shape index (κ2) is 6.76. The van der Waals surface area contributed by atoms with Gasteiger partial charge in [-0.2, -0.15) is 11.8 Å². The number of ketones is 1. The zero-order valence-electron chi connectivity index (χ0n) is 12.2. The van der Waals surface area contributed by atoms with Gasteiger partial charge in [-0.25, -0.2) is 0 Å². The van der Waals surface area contributed by atoms with Crippen LogP contribution in [0.25, 0.3) is 0 Å². The number of carbonyl (C=O) groups is 1. The lowest BCUT2D eigenvalue weighted by Gasteiger charge is -2.30. The maximum atomic E-state index is 12.7. The molecule has 20 heavy (non-hydrogen) atoms. The van der Waals surface area contributed by atoms with Gasteiger partial charge in [0.15, 0.2) is 5.78 Å². The molecule has 0 N–H and O–H groups in total. The molecule has 0 aliphatic carbocycles. The summed E-state index contributed by atoms with van der Waals surface area (Å²) >= 11 is 3.63. The molecular formula is C15H20O3S2. The Labute approximate surface area is 128 Å². The SMILES string of the molecule is COc1ccc(OC)c(C(=O)C2CSC(C)C(C)S2)c1. The van der Waals surface area contributed by atoms with E-state index in [1.54, 1.807) is 38.1 Å². The van der Waals surface area contributed by atoms with Crippen molar-refractivity contribution in [1.29, 1.82) is 0 Å². The second-order valence-electron chi connectivity index (χ2n) is 4.80. The van der Waals surface area contributed by atoms with Crippen LogP contribution in [0, 0.1) is 0 Å². The van der Waals surface area contributed by atoms with Gasteiger partial charge in [-0.05, 0) is 18.2 Å². The average Bonchev–Trinajstić information content (AvgIpc) is 2.48. The van der Waals surface area contributed by atoms with Crippen LogP contribution >= 0.6 is 23.5 Å². The Morgan fingerprint density at radius 3 is 2.55 bits per heavy atom. The molecule has 1 aromatic rings. The molecule has 0 radical (unpaired) electrons. The van der Waals surface area contributed by atoms with Gasteiger partial charge in [-0.3, -0.25) is 4.79 Å². The van der Waals surface area contributed by atoms with E-state index >= 15 is 0 Å². The predicted molar refractivity (Wildman–Crippen MR) is 86.6 cm³/mol. The van der Waals surface area contributed by atoms with E-state index in [9.17, 15) is 4.79 Å². The Bertz CT molecular complexity index is 490. The zero-order chi connectivity index (χ0) is 14.7. The molecule has 1 heterocycles. The van der Waals surface area contributed by atoms with E-state index in [0.29, 0.717) is 27.6 Å². The van der Waals surface area contributed by atoms with Crippen molar-refractivity contribution >= 4 is 29.3 Å². The molecular weight excluding hydrogens is 292 g/mol. The smallest absolute Gasteiger partial charge is 0.180 e. The quantitative estimate of drug-likeness (QED) is 0.795. The van der Waals surface area contributed by atoms with E-state index in [4.69, 9.17) is 9.47 Å². The number of thioether (sulfide) groups is 2. The third-order valence-electron chi connectivity index (χ3n) is 3.51. The minimum Gasteiger partial charge on any atom is -0.497 e. The molecule has 3 atom stereocenters. The van der Waals surface area contributed by atoms with Gasteiger partial charge in [0.25, 0.3) is 0 Å². The summed E-state index contributed by atoms with van der Waals surface area (Å²) in [6.07, 6.45) is 0. The Kier molecular flexibility index (Phi) is 5.27. The zero-order valence-corrected chi connectivity index (χ0v) is 13.8. The van der Waals surface area contributed by atoms with Crippen LogP contribution in [0.2, 0.25) is 0 Å². The van der Waals surface area contributed by atoms with Gasteiger partial charge in [0, 0.05) is 16.3 Å². The number of hydrogen-bond donors (Lipinski definition) is 0. The van der Waals surface area contributed by atoms with Crippen LogP contribution in [0.1, 0.15) is 24.2 Å². The Balaban J connectivity index is 2.24. The van der Waals surface area contributed by atoms with Gasteiger partial charge >= 0.3 is 0 Å². The molecule has 0 spiro atoms. The number of hydrogen-bond acceptors (Lipinski definition) is 5. The maximum Gasteiger partial charge on any atom is 0.180 e. The molecule has 0 saturated carbocycles. The van der Waals surface area contributed by atoms with E-state index in [1.807, 2.05) is 17.8 Å². The Morgan fingerprint density at radius 1 is 1.20 bits per heavy atom. The molecule has 0 amide bonds. The summed E-state index contributed by atoms with van der Waals surface area (Å²) in [4.78, 5) is 12.7. The monoisotopic (exact) mass is 312 g/mol. The molecule has 1 fully saturated rings. The highest BCUT2D eigenvalue weighted by atomic mass is 32.2. The van der Waals surface area contributed by atoms with E-state index in [-0.39, 0.29) is 11.0 Å². The molecule has 0 bridgehead atoms. The van der Waals surface area contributed by atoms with Gasteiger partial charge in [-0.15, -0.1) is 11.8 Å². The molecule has 1 saturated heterocycles. The van der Waals surface area contributed by atoms with Gasteiger partial charge < -0.3 is 9.47 Å². The minimum absolute atomic E-state index is 0.00722. The van der Waals surface area contributed by atoms with Gasteiger partial charge in [0.1, 0.15) is 11.5 Å². The normalized spacial score (nSPS) is 26.1. The molecule has 2 rings (SSSR count). The van der Waals surface area contributed by atoms with E-state index < -0.39 is 0 Å². The largest absolute Gasteiger partial charge is 0.497 e. The molecule has 1 aliphatic rings. The summed E-state index contributed by atoms with van der Waals surface area (Å²) in [5.74, 6) is 2.30. The lowest BCUT2D eigenvalue weighted by atomic mass is 10.1. The fourth-order valence-corrected chi connectivity index (χ4v) is 4.97. The maximum absolute atomic E-state index is 12.7. The lowest BCUT2D eigenvalue weighted by Crippen LogP contribution is -2.31.